The summed E-state index contributed by atoms with van der Waals surface area (Å²) in [6.45, 7) is 6.28. The minimum atomic E-state index is -0.771. The third-order valence-electron chi connectivity index (χ3n) is 1.01. The molecule has 0 atom stereocenters. The number of carbonyl (C=O) groups excluding carboxylic acids is 1. The smallest absolute Gasteiger partial charge is 0.432 e. The largest absolute Gasteiger partial charge is 0.509 e. The molecule has 0 bridgehead atoms. The zero-order valence-corrected chi connectivity index (χ0v) is 8.89. The van der Waals surface area contributed by atoms with E-state index in [1.807, 2.05) is 20.8 Å². The van der Waals surface area contributed by atoms with Crippen molar-refractivity contribution < 1.29 is 19.0 Å². The molecule has 0 unspecified atom stereocenters. The summed E-state index contributed by atoms with van der Waals surface area (Å²) in [6, 6.07) is -0.195. The average molecular weight is 211 g/mol. The predicted octanol–water partition coefficient (Wildman–Crippen LogP) is 2.15. The Kier molecular flexibility index (Phi) is 5.82. The lowest BCUT2D eigenvalue weighted by atomic mass is 10.2. The Morgan fingerprint density at radius 1 is 1.23 bits per heavy atom. The van der Waals surface area contributed by atoms with Gasteiger partial charge in [-0.2, -0.15) is 0 Å². The highest BCUT2D eigenvalue weighted by Crippen LogP contribution is 2.05. The minimum absolute atomic E-state index is 0.174. The van der Waals surface area contributed by atoms with Crippen LogP contribution in [0.2, 0.25) is 0 Å². The summed E-state index contributed by atoms with van der Waals surface area (Å²) in [5, 5.41) is 0. The van der Waals surface area contributed by atoms with Crippen molar-refractivity contribution in [2.45, 2.75) is 26.4 Å². The number of carbonyl (C=O) groups is 1. The van der Waals surface area contributed by atoms with Gasteiger partial charge in [0.05, 0.1) is 12.2 Å². The van der Waals surface area contributed by atoms with Crippen LogP contribution in [0.15, 0.2) is 0 Å². The summed E-state index contributed by atoms with van der Waals surface area (Å²) in [7, 11) is 0. The summed E-state index contributed by atoms with van der Waals surface area (Å²) in [5.41, 5.74) is -0.222. The highest BCUT2D eigenvalue weighted by atomic mass is 35.5. The van der Waals surface area contributed by atoms with E-state index in [4.69, 9.17) is 16.3 Å². The van der Waals surface area contributed by atoms with E-state index >= 15 is 0 Å². The first-order valence-corrected chi connectivity index (χ1v) is 4.48. The first-order chi connectivity index (χ1) is 5.95. The molecule has 0 radical (unpaired) electrons. The Morgan fingerprint density at radius 2 is 1.85 bits per heavy atom. The van der Waals surface area contributed by atoms with Gasteiger partial charge in [-0.05, 0) is 20.8 Å². The molecule has 0 aliphatic heterocycles. The number of rotatable bonds is 4. The molecular weight excluding hydrogens is 196 g/mol. The Labute approximate surface area is 83.1 Å². The molecule has 0 aliphatic carbocycles. The Balaban J connectivity index is 3.31. The summed E-state index contributed by atoms with van der Waals surface area (Å²) < 4.78 is 14.2. The first-order valence-electron chi connectivity index (χ1n) is 3.95. The van der Waals surface area contributed by atoms with Crippen LogP contribution < -0.4 is 0 Å². The van der Waals surface area contributed by atoms with Crippen molar-refractivity contribution in [2.75, 3.05) is 19.3 Å². The van der Waals surface area contributed by atoms with Gasteiger partial charge < -0.3 is 14.2 Å². The lowest BCUT2D eigenvalue weighted by Gasteiger charge is -2.18. The van der Waals surface area contributed by atoms with Gasteiger partial charge in [0, 0.05) is 0 Å². The van der Waals surface area contributed by atoms with Gasteiger partial charge in [0.15, 0.2) is 6.07 Å². The SMILES string of the molecule is CC(C)(C)OCCOC(=O)OCCl. The van der Waals surface area contributed by atoms with Crippen molar-refractivity contribution in [2.24, 2.45) is 0 Å². The third-order valence-corrected chi connectivity index (χ3v) is 1.12. The maximum Gasteiger partial charge on any atom is 0.509 e. The van der Waals surface area contributed by atoms with Crippen LogP contribution in [0.4, 0.5) is 4.79 Å². The molecule has 5 heteroatoms. The van der Waals surface area contributed by atoms with E-state index in [9.17, 15) is 4.79 Å². The molecule has 4 nitrogen and oxygen atoms in total. The van der Waals surface area contributed by atoms with Gasteiger partial charge in [-0.1, -0.05) is 11.6 Å². The molecule has 0 N–H and O–H groups in total. The summed E-state index contributed by atoms with van der Waals surface area (Å²) in [4.78, 5) is 10.6. The molecule has 0 saturated heterocycles. The van der Waals surface area contributed by atoms with Gasteiger partial charge in [0.25, 0.3) is 0 Å². The van der Waals surface area contributed by atoms with Crippen molar-refractivity contribution >= 4 is 17.8 Å². The second-order valence-electron chi connectivity index (χ2n) is 3.31. The monoisotopic (exact) mass is 210 g/mol. The molecule has 0 aromatic rings. The third kappa shape index (κ3) is 9.43. The van der Waals surface area contributed by atoms with Crippen molar-refractivity contribution in [3.8, 4) is 0 Å². The molecule has 0 saturated carbocycles. The highest BCUT2D eigenvalue weighted by Gasteiger charge is 2.10. The van der Waals surface area contributed by atoms with Gasteiger partial charge >= 0.3 is 6.16 Å². The molecule has 0 spiro atoms. The second kappa shape index (κ2) is 6.05. The highest BCUT2D eigenvalue weighted by molar-refractivity contribution is 6.17. The molecule has 0 amide bonds. The molecular formula is C8H15ClO4. The van der Waals surface area contributed by atoms with Gasteiger partial charge in [-0.15, -0.1) is 0 Å². The molecule has 13 heavy (non-hydrogen) atoms. The van der Waals surface area contributed by atoms with Crippen molar-refractivity contribution in [3.63, 3.8) is 0 Å². The molecule has 0 aromatic carbocycles. The van der Waals surface area contributed by atoms with Gasteiger partial charge in [0.1, 0.15) is 6.61 Å². The Bertz CT molecular complexity index is 153. The molecule has 0 aliphatic rings. The van der Waals surface area contributed by atoms with Crippen LogP contribution in [0.3, 0.4) is 0 Å². The number of halogens is 1. The maximum absolute atomic E-state index is 10.6. The van der Waals surface area contributed by atoms with Crippen LogP contribution >= 0.6 is 11.6 Å². The van der Waals surface area contributed by atoms with E-state index in [1.54, 1.807) is 0 Å². The van der Waals surface area contributed by atoms with E-state index in [0.717, 1.165) is 0 Å². The predicted molar refractivity (Wildman–Crippen MR) is 48.9 cm³/mol. The molecule has 0 aromatic heterocycles. The molecule has 78 valence electrons. The topological polar surface area (TPSA) is 44.8 Å². The standard InChI is InChI=1S/C8H15ClO4/c1-8(2,3)13-5-4-11-7(10)12-6-9/h4-6H2,1-3H3. The summed E-state index contributed by atoms with van der Waals surface area (Å²) >= 11 is 5.13. The first kappa shape index (κ1) is 12.5. The fourth-order valence-electron chi connectivity index (χ4n) is 0.559. The lowest BCUT2D eigenvalue weighted by Crippen LogP contribution is -2.22. The van der Waals surface area contributed by atoms with E-state index < -0.39 is 6.16 Å². The molecule has 0 rings (SSSR count). The van der Waals surface area contributed by atoms with Gasteiger partial charge in [-0.25, -0.2) is 4.79 Å². The zero-order chi connectivity index (χ0) is 10.3. The quantitative estimate of drug-likeness (QED) is 0.405. The number of ether oxygens (including phenoxy) is 3. The number of hydrogen-bond acceptors (Lipinski definition) is 4. The zero-order valence-electron chi connectivity index (χ0n) is 8.13. The number of alkyl halides is 1. The van der Waals surface area contributed by atoms with Crippen LogP contribution in [-0.2, 0) is 14.2 Å². The van der Waals surface area contributed by atoms with Gasteiger partial charge in [-0.3, -0.25) is 0 Å². The summed E-state index contributed by atoms with van der Waals surface area (Å²) in [5.74, 6) is 0. The summed E-state index contributed by atoms with van der Waals surface area (Å²) in [6.07, 6.45) is -0.771. The van der Waals surface area contributed by atoms with Crippen LogP contribution in [-0.4, -0.2) is 31.0 Å². The lowest BCUT2D eigenvalue weighted by molar-refractivity contribution is -0.0314. The van der Waals surface area contributed by atoms with Crippen molar-refractivity contribution in [1.29, 1.82) is 0 Å². The fourth-order valence-corrected chi connectivity index (χ4v) is 0.648. The van der Waals surface area contributed by atoms with Crippen LogP contribution in [0.1, 0.15) is 20.8 Å². The second-order valence-corrected chi connectivity index (χ2v) is 3.53. The minimum Gasteiger partial charge on any atom is -0.432 e. The normalized spacial score (nSPS) is 11.1. The van der Waals surface area contributed by atoms with Gasteiger partial charge in [0.2, 0.25) is 0 Å². The van der Waals surface area contributed by atoms with Crippen molar-refractivity contribution in [3.05, 3.63) is 0 Å². The van der Waals surface area contributed by atoms with Crippen LogP contribution in [0.25, 0.3) is 0 Å². The average Bonchev–Trinajstić information content (AvgIpc) is 1.97. The maximum atomic E-state index is 10.6. The van der Waals surface area contributed by atoms with E-state index in [2.05, 4.69) is 9.47 Å². The Hall–Kier alpha value is -0.480. The fraction of sp³-hybridized carbons (Fsp3) is 0.875. The van der Waals surface area contributed by atoms with E-state index in [-0.39, 0.29) is 18.3 Å². The van der Waals surface area contributed by atoms with Crippen molar-refractivity contribution in [1.82, 2.24) is 0 Å². The Morgan fingerprint density at radius 3 is 2.31 bits per heavy atom. The molecule has 0 fully saturated rings. The van der Waals surface area contributed by atoms with Crippen LogP contribution in [0.5, 0.6) is 0 Å². The van der Waals surface area contributed by atoms with Crippen LogP contribution in [0, 0.1) is 0 Å². The van der Waals surface area contributed by atoms with E-state index in [1.165, 1.54) is 0 Å². The number of hydrogen-bond donors (Lipinski definition) is 0. The molecule has 0 heterocycles. The van der Waals surface area contributed by atoms with E-state index in [0.29, 0.717) is 6.61 Å².